The number of aromatic carboxylic acids is 1. The molecule has 0 aliphatic carbocycles. The number of halogens is 1. The summed E-state index contributed by atoms with van der Waals surface area (Å²) in [6.45, 7) is 3.15. The maximum atomic E-state index is 13.7. The van der Waals surface area contributed by atoms with Gasteiger partial charge in [0.2, 0.25) is 5.91 Å². The number of carbonyl (C=O) groups excluding carboxylic acids is 2. The quantitative estimate of drug-likeness (QED) is 0.878. The smallest absolute Gasteiger partial charge is 0.335 e. The fourth-order valence-electron chi connectivity index (χ4n) is 3.29. The first kappa shape index (κ1) is 19.5. The lowest BCUT2D eigenvalue weighted by atomic mass is 10.0. The molecule has 0 saturated carbocycles. The summed E-state index contributed by atoms with van der Waals surface area (Å²) in [4.78, 5) is 39.6. The second-order valence-corrected chi connectivity index (χ2v) is 6.83. The van der Waals surface area contributed by atoms with E-state index in [1.807, 2.05) is 0 Å². The zero-order valence-corrected chi connectivity index (χ0v) is 15.5. The van der Waals surface area contributed by atoms with Crippen LogP contribution in [0.3, 0.4) is 0 Å². The van der Waals surface area contributed by atoms with Crippen molar-refractivity contribution in [1.29, 1.82) is 0 Å². The lowest BCUT2D eigenvalue weighted by Gasteiger charge is -2.35. The minimum absolute atomic E-state index is 0.0134. The van der Waals surface area contributed by atoms with E-state index < -0.39 is 11.8 Å². The van der Waals surface area contributed by atoms with Gasteiger partial charge in [-0.05, 0) is 42.3 Å². The summed E-state index contributed by atoms with van der Waals surface area (Å²) in [5, 5.41) is 9.17. The maximum absolute atomic E-state index is 13.7. The van der Waals surface area contributed by atoms with Gasteiger partial charge in [-0.15, -0.1) is 0 Å². The first-order chi connectivity index (χ1) is 13.3. The summed E-state index contributed by atoms with van der Waals surface area (Å²) in [6, 6.07) is 10.7. The Balaban J connectivity index is 1.62. The molecule has 0 atom stereocenters. The number of aryl methyl sites for hydroxylation is 1. The van der Waals surface area contributed by atoms with Crippen LogP contribution >= 0.6 is 0 Å². The van der Waals surface area contributed by atoms with Crippen LogP contribution in [-0.4, -0.2) is 58.9 Å². The van der Waals surface area contributed by atoms with Crippen molar-refractivity contribution in [2.75, 3.05) is 26.2 Å². The molecule has 2 aromatic carbocycles. The van der Waals surface area contributed by atoms with Gasteiger partial charge in [-0.1, -0.05) is 18.2 Å². The van der Waals surface area contributed by atoms with E-state index in [-0.39, 0.29) is 23.8 Å². The van der Waals surface area contributed by atoms with Gasteiger partial charge in [-0.25, -0.2) is 9.18 Å². The van der Waals surface area contributed by atoms with E-state index in [1.165, 1.54) is 18.2 Å². The van der Waals surface area contributed by atoms with E-state index in [9.17, 15) is 18.8 Å². The number of hydrogen-bond acceptors (Lipinski definition) is 3. The van der Waals surface area contributed by atoms with Crippen LogP contribution < -0.4 is 0 Å². The van der Waals surface area contributed by atoms with Crippen molar-refractivity contribution in [3.63, 3.8) is 0 Å². The van der Waals surface area contributed by atoms with Crippen molar-refractivity contribution in [2.24, 2.45) is 0 Å². The van der Waals surface area contributed by atoms with Crippen LogP contribution in [0.4, 0.5) is 4.39 Å². The number of carboxylic acid groups (broad SMARTS) is 1. The van der Waals surface area contributed by atoms with Gasteiger partial charge in [0.1, 0.15) is 5.82 Å². The molecule has 1 heterocycles. The highest BCUT2D eigenvalue weighted by Crippen LogP contribution is 2.15. The molecule has 7 heteroatoms. The fourth-order valence-corrected chi connectivity index (χ4v) is 3.29. The topological polar surface area (TPSA) is 77.9 Å². The van der Waals surface area contributed by atoms with Crippen LogP contribution in [-0.2, 0) is 11.2 Å². The van der Waals surface area contributed by atoms with Gasteiger partial charge in [0.15, 0.2) is 0 Å². The molecular weight excluding hydrogens is 363 g/mol. The molecule has 2 amide bonds. The Labute approximate surface area is 162 Å². The Morgan fingerprint density at radius 3 is 2.21 bits per heavy atom. The van der Waals surface area contributed by atoms with Crippen molar-refractivity contribution < 1.29 is 23.9 Å². The van der Waals surface area contributed by atoms with E-state index in [2.05, 4.69) is 0 Å². The highest BCUT2D eigenvalue weighted by Gasteiger charge is 2.26. The van der Waals surface area contributed by atoms with Crippen LogP contribution in [0.1, 0.15) is 31.8 Å². The zero-order valence-electron chi connectivity index (χ0n) is 15.5. The van der Waals surface area contributed by atoms with Gasteiger partial charge in [-0.2, -0.15) is 0 Å². The van der Waals surface area contributed by atoms with Crippen molar-refractivity contribution in [2.45, 2.75) is 13.3 Å². The molecule has 146 valence electrons. The third kappa shape index (κ3) is 4.36. The molecule has 0 unspecified atom stereocenters. The number of carboxylic acids is 1. The summed E-state index contributed by atoms with van der Waals surface area (Å²) in [6.07, 6.45) is -0.0134. The van der Waals surface area contributed by atoms with Crippen LogP contribution in [0.2, 0.25) is 0 Å². The van der Waals surface area contributed by atoms with E-state index >= 15 is 0 Å². The fraction of sp³-hybridized carbons (Fsp3) is 0.286. The zero-order chi connectivity index (χ0) is 20.3. The standard InChI is InChI=1S/C21H21FN2O4/c1-14-10-16(12-17(11-14)21(27)28)20(26)24-8-6-23(7-9-24)19(25)13-15-4-2-3-5-18(15)22/h2-5,10-12H,6-9,13H2,1H3,(H,27,28). The largest absolute Gasteiger partial charge is 0.478 e. The molecule has 0 radical (unpaired) electrons. The molecule has 1 aliphatic rings. The predicted octanol–water partition coefficient (Wildman–Crippen LogP) is 2.36. The number of rotatable bonds is 4. The molecule has 0 aromatic heterocycles. The van der Waals surface area contributed by atoms with Crippen molar-refractivity contribution in [1.82, 2.24) is 9.80 Å². The van der Waals surface area contributed by atoms with Gasteiger partial charge in [0.05, 0.1) is 12.0 Å². The summed E-state index contributed by atoms with van der Waals surface area (Å²) < 4.78 is 13.7. The van der Waals surface area contributed by atoms with E-state index in [0.29, 0.717) is 42.9 Å². The van der Waals surface area contributed by atoms with E-state index in [4.69, 9.17) is 5.11 Å². The molecule has 2 aromatic rings. The SMILES string of the molecule is Cc1cc(C(=O)O)cc(C(=O)N2CCN(C(=O)Cc3ccccc3F)CC2)c1. The van der Waals surface area contributed by atoms with E-state index in [1.54, 1.807) is 41.0 Å². The third-order valence-electron chi connectivity index (χ3n) is 4.79. The molecule has 1 N–H and O–H groups in total. The molecule has 28 heavy (non-hydrogen) atoms. The molecule has 0 spiro atoms. The second kappa shape index (κ2) is 8.21. The number of carbonyl (C=O) groups is 3. The minimum atomic E-state index is -1.08. The van der Waals surface area contributed by atoms with Gasteiger partial charge >= 0.3 is 5.97 Å². The second-order valence-electron chi connectivity index (χ2n) is 6.83. The monoisotopic (exact) mass is 384 g/mol. The Morgan fingerprint density at radius 2 is 1.57 bits per heavy atom. The molecule has 1 aliphatic heterocycles. The maximum Gasteiger partial charge on any atom is 0.335 e. The number of hydrogen-bond donors (Lipinski definition) is 1. The van der Waals surface area contributed by atoms with Gasteiger partial charge < -0.3 is 14.9 Å². The summed E-state index contributed by atoms with van der Waals surface area (Å²) in [7, 11) is 0. The molecule has 3 rings (SSSR count). The lowest BCUT2D eigenvalue weighted by Crippen LogP contribution is -2.51. The van der Waals surface area contributed by atoms with Crippen molar-refractivity contribution in [3.05, 3.63) is 70.5 Å². The van der Waals surface area contributed by atoms with Crippen LogP contribution in [0.25, 0.3) is 0 Å². The predicted molar refractivity (Wildman–Crippen MR) is 101 cm³/mol. The van der Waals surface area contributed by atoms with Gasteiger partial charge in [0.25, 0.3) is 5.91 Å². The highest BCUT2D eigenvalue weighted by molar-refractivity contribution is 5.98. The Morgan fingerprint density at radius 1 is 0.964 bits per heavy atom. The Hall–Kier alpha value is -3.22. The third-order valence-corrected chi connectivity index (χ3v) is 4.79. The number of amides is 2. The highest BCUT2D eigenvalue weighted by atomic mass is 19.1. The molecular formula is C21H21FN2O4. The van der Waals surface area contributed by atoms with Crippen molar-refractivity contribution in [3.8, 4) is 0 Å². The summed E-state index contributed by atoms with van der Waals surface area (Å²) >= 11 is 0. The number of nitrogens with zero attached hydrogens (tertiary/aromatic N) is 2. The first-order valence-electron chi connectivity index (χ1n) is 9.00. The van der Waals surface area contributed by atoms with Crippen LogP contribution in [0, 0.1) is 12.7 Å². The number of piperazine rings is 1. The summed E-state index contributed by atoms with van der Waals surface area (Å²) in [5.41, 5.74) is 1.44. The van der Waals surface area contributed by atoms with Crippen molar-refractivity contribution >= 4 is 17.8 Å². The normalized spacial score (nSPS) is 14.1. The molecule has 0 bridgehead atoms. The van der Waals surface area contributed by atoms with E-state index in [0.717, 1.165) is 0 Å². The first-order valence-corrected chi connectivity index (χ1v) is 9.00. The lowest BCUT2D eigenvalue weighted by molar-refractivity contribution is -0.132. The summed E-state index contributed by atoms with van der Waals surface area (Å²) in [5.74, 6) is -1.92. The van der Waals surface area contributed by atoms with Crippen LogP contribution in [0.15, 0.2) is 42.5 Å². The minimum Gasteiger partial charge on any atom is -0.478 e. The molecule has 1 fully saturated rings. The van der Waals surface area contributed by atoms with Crippen LogP contribution in [0.5, 0.6) is 0 Å². The van der Waals surface area contributed by atoms with Gasteiger partial charge in [-0.3, -0.25) is 9.59 Å². The number of benzene rings is 2. The molecule has 6 nitrogen and oxygen atoms in total. The van der Waals surface area contributed by atoms with Gasteiger partial charge in [0, 0.05) is 31.7 Å². The molecule has 1 saturated heterocycles. The Kier molecular flexibility index (Phi) is 5.73. The Bertz CT molecular complexity index is 920. The average Bonchev–Trinajstić information content (AvgIpc) is 2.68. The average molecular weight is 384 g/mol.